The smallest absolute Gasteiger partial charge is 0.242 e. The summed E-state index contributed by atoms with van der Waals surface area (Å²) in [6, 6.07) is 1.67. The van der Waals surface area contributed by atoms with Gasteiger partial charge in [-0.15, -0.1) is 11.3 Å². The van der Waals surface area contributed by atoms with Crippen molar-refractivity contribution in [2.24, 2.45) is 0 Å². The first-order valence-electron chi connectivity index (χ1n) is 5.51. The lowest BCUT2D eigenvalue weighted by Crippen LogP contribution is -2.27. The third-order valence-electron chi connectivity index (χ3n) is 2.09. The van der Waals surface area contributed by atoms with Crippen LogP contribution in [-0.2, 0) is 21.3 Å². The van der Waals surface area contributed by atoms with E-state index in [9.17, 15) is 8.42 Å². The Balaban J connectivity index is 2.72. The summed E-state index contributed by atoms with van der Waals surface area (Å²) in [7, 11) is -1.64. The SMILES string of the molecule is CCOCCNS(=O)(=O)c1cc(CNC)sc1Br. The highest BCUT2D eigenvalue weighted by molar-refractivity contribution is 9.11. The van der Waals surface area contributed by atoms with Gasteiger partial charge in [-0.3, -0.25) is 0 Å². The number of nitrogens with one attached hydrogen (secondary N) is 2. The Morgan fingerprint density at radius 2 is 2.22 bits per heavy atom. The van der Waals surface area contributed by atoms with Crippen molar-refractivity contribution in [3.63, 3.8) is 0 Å². The van der Waals surface area contributed by atoms with Crippen LogP contribution in [0.2, 0.25) is 0 Å². The quantitative estimate of drug-likeness (QED) is 0.693. The van der Waals surface area contributed by atoms with Crippen molar-refractivity contribution in [2.75, 3.05) is 26.8 Å². The molecule has 0 spiro atoms. The van der Waals surface area contributed by atoms with E-state index in [0.29, 0.717) is 23.5 Å². The molecule has 0 aliphatic heterocycles. The van der Waals surface area contributed by atoms with E-state index < -0.39 is 10.0 Å². The zero-order chi connectivity index (χ0) is 13.6. The third-order valence-corrected chi connectivity index (χ3v) is 5.80. The highest BCUT2D eigenvalue weighted by Gasteiger charge is 2.20. The van der Waals surface area contributed by atoms with Gasteiger partial charge >= 0.3 is 0 Å². The van der Waals surface area contributed by atoms with Crippen molar-refractivity contribution in [3.05, 3.63) is 14.7 Å². The van der Waals surface area contributed by atoms with Gasteiger partial charge in [0.05, 0.1) is 10.4 Å². The second-order valence-corrected chi connectivity index (χ2v) is 7.67. The van der Waals surface area contributed by atoms with Crippen molar-refractivity contribution in [2.45, 2.75) is 18.4 Å². The molecule has 0 unspecified atom stereocenters. The van der Waals surface area contributed by atoms with Crippen LogP contribution in [0.4, 0.5) is 0 Å². The summed E-state index contributed by atoms with van der Waals surface area (Å²) in [5.74, 6) is 0. The summed E-state index contributed by atoms with van der Waals surface area (Å²) in [6.45, 7) is 3.75. The summed E-state index contributed by atoms with van der Waals surface area (Å²) >= 11 is 4.70. The molecule has 0 aliphatic carbocycles. The maximum absolute atomic E-state index is 12.0. The van der Waals surface area contributed by atoms with Crippen molar-refractivity contribution in [1.82, 2.24) is 10.0 Å². The second kappa shape index (κ2) is 7.56. The van der Waals surface area contributed by atoms with Crippen LogP contribution in [0.1, 0.15) is 11.8 Å². The molecule has 104 valence electrons. The predicted octanol–water partition coefficient (Wildman–Crippen LogP) is 1.54. The Morgan fingerprint density at radius 1 is 1.50 bits per heavy atom. The van der Waals surface area contributed by atoms with Gasteiger partial charge in [0.1, 0.15) is 4.90 Å². The first kappa shape index (κ1) is 16.1. The minimum absolute atomic E-state index is 0.278. The Morgan fingerprint density at radius 3 is 2.83 bits per heavy atom. The Hall–Kier alpha value is 0.01000. The fourth-order valence-corrected chi connectivity index (χ4v) is 5.02. The standard InChI is InChI=1S/C10H17BrN2O3S2/c1-3-16-5-4-13-18(14,15)9-6-8(7-12-2)17-10(9)11/h6,12-13H,3-5,7H2,1-2H3. The van der Waals surface area contributed by atoms with Crippen molar-refractivity contribution >= 4 is 37.3 Å². The van der Waals surface area contributed by atoms with E-state index in [0.717, 1.165) is 4.88 Å². The molecule has 0 aromatic carbocycles. The van der Waals surface area contributed by atoms with E-state index in [4.69, 9.17) is 4.74 Å². The molecule has 0 saturated heterocycles. The lowest BCUT2D eigenvalue weighted by Gasteiger charge is -2.05. The number of sulfonamides is 1. The monoisotopic (exact) mass is 356 g/mol. The molecule has 8 heteroatoms. The first-order chi connectivity index (χ1) is 8.51. The van der Waals surface area contributed by atoms with E-state index in [2.05, 4.69) is 26.0 Å². The van der Waals surface area contributed by atoms with Crippen LogP contribution in [0.25, 0.3) is 0 Å². The Bertz CT molecular complexity index is 473. The average Bonchev–Trinajstić information content (AvgIpc) is 2.67. The number of ether oxygens (including phenoxy) is 1. The Labute approximate surface area is 120 Å². The fraction of sp³-hybridized carbons (Fsp3) is 0.600. The molecule has 0 bridgehead atoms. The average molecular weight is 357 g/mol. The molecule has 1 rings (SSSR count). The van der Waals surface area contributed by atoms with Gasteiger partial charge in [-0.05, 0) is 36.0 Å². The molecule has 0 fully saturated rings. The number of hydrogen-bond acceptors (Lipinski definition) is 5. The topological polar surface area (TPSA) is 67.4 Å². The molecule has 1 aromatic heterocycles. The molecule has 5 nitrogen and oxygen atoms in total. The molecule has 0 atom stereocenters. The number of hydrogen-bond donors (Lipinski definition) is 2. The number of rotatable bonds is 8. The van der Waals surface area contributed by atoms with Crippen LogP contribution < -0.4 is 10.0 Å². The van der Waals surface area contributed by atoms with Crippen LogP contribution in [0.3, 0.4) is 0 Å². The van der Waals surface area contributed by atoms with E-state index >= 15 is 0 Å². The molecule has 0 aliphatic rings. The summed E-state index contributed by atoms with van der Waals surface area (Å²) in [5, 5.41) is 2.99. The van der Waals surface area contributed by atoms with Crippen molar-refractivity contribution in [1.29, 1.82) is 0 Å². The zero-order valence-electron chi connectivity index (χ0n) is 10.3. The molecule has 18 heavy (non-hydrogen) atoms. The summed E-state index contributed by atoms with van der Waals surface area (Å²) in [4.78, 5) is 1.25. The van der Waals surface area contributed by atoms with Crippen LogP contribution in [0.15, 0.2) is 14.7 Å². The van der Waals surface area contributed by atoms with Crippen LogP contribution in [-0.4, -0.2) is 35.2 Å². The van der Waals surface area contributed by atoms with Gasteiger partial charge < -0.3 is 10.1 Å². The molecule has 2 N–H and O–H groups in total. The molecule has 1 aromatic rings. The molecule has 0 radical (unpaired) electrons. The van der Waals surface area contributed by atoms with E-state index in [1.807, 2.05) is 14.0 Å². The molecule has 0 saturated carbocycles. The maximum Gasteiger partial charge on any atom is 0.242 e. The highest BCUT2D eigenvalue weighted by Crippen LogP contribution is 2.31. The number of thiophene rings is 1. The molecule has 1 heterocycles. The molecule has 0 amide bonds. The van der Waals surface area contributed by atoms with Crippen LogP contribution >= 0.6 is 27.3 Å². The van der Waals surface area contributed by atoms with Gasteiger partial charge in [-0.2, -0.15) is 0 Å². The van der Waals surface area contributed by atoms with Gasteiger partial charge in [-0.1, -0.05) is 0 Å². The van der Waals surface area contributed by atoms with Gasteiger partial charge in [0.2, 0.25) is 10.0 Å². The molecular formula is C10H17BrN2O3S2. The highest BCUT2D eigenvalue weighted by atomic mass is 79.9. The van der Waals surface area contributed by atoms with Crippen LogP contribution in [0.5, 0.6) is 0 Å². The van der Waals surface area contributed by atoms with E-state index in [-0.39, 0.29) is 11.4 Å². The van der Waals surface area contributed by atoms with Crippen molar-refractivity contribution < 1.29 is 13.2 Å². The zero-order valence-corrected chi connectivity index (χ0v) is 13.5. The first-order valence-corrected chi connectivity index (χ1v) is 8.60. The third kappa shape index (κ3) is 4.60. The van der Waals surface area contributed by atoms with E-state index in [1.54, 1.807) is 6.07 Å². The van der Waals surface area contributed by atoms with Gasteiger partial charge in [-0.25, -0.2) is 13.1 Å². The van der Waals surface area contributed by atoms with Gasteiger partial charge in [0.15, 0.2) is 0 Å². The largest absolute Gasteiger partial charge is 0.380 e. The van der Waals surface area contributed by atoms with Crippen molar-refractivity contribution in [3.8, 4) is 0 Å². The number of halogens is 1. The van der Waals surface area contributed by atoms with Gasteiger partial charge in [0, 0.05) is 24.6 Å². The second-order valence-electron chi connectivity index (χ2n) is 3.48. The van der Waals surface area contributed by atoms with Crippen LogP contribution in [0, 0.1) is 0 Å². The van der Waals surface area contributed by atoms with E-state index in [1.165, 1.54) is 11.3 Å². The summed E-state index contributed by atoms with van der Waals surface area (Å²) in [5.41, 5.74) is 0. The summed E-state index contributed by atoms with van der Waals surface area (Å²) < 4.78 is 32.3. The lowest BCUT2D eigenvalue weighted by molar-refractivity contribution is 0.153. The predicted molar refractivity (Wildman–Crippen MR) is 76.5 cm³/mol. The fourth-order valence-electron chi connectivity index (χ4n) is 1.31. The maximum atomic E-state index is 12.0. The van der Waals surface area contributed by atoms with Gasteiger partial charge in [0.25, 0.3) is 0 Å². The summed E-state index contributed by atoms with van der Waals surface area (Å²) in [6.07, 6.45) is 0. The normalized spacial score (nSPS) is 11.9. The lowest BCUT2D eigenvalue weighted by atomic mass is 10.5. The minimum atomic E-state index is -3.46. The minimum Gasteiger partial charge on any atom is -0.380 e. The Kier molecular flexibility index (Phi) is 6.75. The molecular weight excluding hydrogens is 340 g/mol.